The summed E-state index contributed by atoms with van der Waals surface area (Å²) in [5.41, 5.74) is -0.374. The molecule has 4 nitrogen and oxygen atoms in total. The van der Waals surface area contributed by atoms with Crippen LogP contribution >= 0.6 is 11.6 Å². The Labute approximate surface area is 140 Å². The first kappa shape index (κ1) is 17.8. The molecule has 2 amide bonds. The first-order chi connectivity index (χ1) is 11.4. The summed E-state index contributed by atoms with van der Waals surface area (Å²) in [6, 6.07) is 6.32. The van der Waals surface area contributed by atoms with Gasteiger partial charge in [0, 0.05) is 24.1 Å². The van der Waals surface area contributed by atoms with Crippen molar-refractivity contribution in [3.05, 3.63) is 64.4 Å². The topological polar surface area (TPSA) is 58.2 Å². The first-order valence-corrected chi connectivity index (χ1v) is 7.23. The predicted molar refractivity (Wildman–Crippen MR) is 83.3 cm³/mol. The van der Waals surface area contributed by atoms with E-state index in [0.29, 0.717) is 6.07 Å². The molecular formula is C16H12ClF3N2O2. The standard InChI is InChI=1S/C16H12ClF3N2O2/c17-9-1-4-14(13(20)7-9)22-15(23)5-6-21-16(24)11-3-2-10(18)8-12(11)19/h1-4,7-8H,5-6H2,(H,21,24)(H,22,23). The molecule has 0 spiro atoms. The van der Waals surface area contributed by atoms with Crippen LogP contribution in [0.2, 0.25) is 5.02 Å². The lowest BCUT2D eigenvalue weighted by Gasteiger charge is -2.08. The van der Waals surface area contributed by atoms with Gasteiger partial charge >= 0.3 is 0 Å². The minimum Gasteiger partial charge on any atom is -0.351 e. The maximum atomic E-state index is 13.5. The van der Waals surface area contributed by atoms with Crippen LogP contribution < -0.4 is 10.6 Å². The summed E-state index contributed by atoms with van der Waals surface area (Å²) in [4.78, 5) is 23.4. The Balaban J connectivity index is 1.85. The van der Waals surface area contributed by atoms with E-state index in [9.17, 15) is 22.8 Å². The van der Waals surface area contributed by atoms with Crippen LogP contribution in [0.3, 0.4) is 0 Å². The van der Waals surface area contributed by atoms with Gasteiger partial charge in [0.25, 0.3) is 5.91 Å². The van der Waals surface area contributed by atoms with Crippen molar-refractivity contribution in [3.63, 3.8) is 0 Å². The third kappa shape index (κ3) is 4.73. The van der Waals surface area contributed by atoms with Crippen molar-refractivity contribution in [1.82, 2.24) is 5.32 Å². The van der Waals surface area contributed by atoms with Crippen molar-refractivity contribution in [1.29, 1.82) is 0 Å². The summed E-state index contributed by atoms with van der Waals surface area (Å²) < 4.78 is 39.7. The number of hydrogen-bond donors (Lipinski definition) is 2. The SMILES string of the molecule is O=C(CCNC(=O)c1ccc(F)cc1F)Nc1ccc(Cl)cc1F. The molecule has 0 fully saturated rings. The number of halogens is 4. The number of carbonyl (C=O) groups is 2. The van der Waals surface area contributed by atoms with Crippen LogP contribution in [-0.4, -0.2) is 18.4 Å². The molecule has 0 atom stereocenters. The van der Waals surface area contributed by atoms with Gasteiger partial charge < -0.3 is 10.6 Å². The zero-order chi connectivity index (χ0) is 17.7. The van der Waals surface area contributed by atoms with E-state index in [0.717, 1.165) is 18.2 Å². The largest absolute Gasteiger partial charge is 0.351 e. The van der Waals surface area contributed by atoms with Gasteiger partial charge in [-0.2, -0.15) is 0 Å². The zero-order valence-electron chi connectivity index (χ0n) is 12.2. The third-order valence-corrected chi connectivity index (χ3v) is 3.25. The molecule has 8 heteroatoms. The lowest BCUT2D eigenvalue weighted by atomic mass is 10.2. The summed E-state index contributed by atoms with van der Waals surface area (Å²) in [6.45, 7) is -0.101. The van der Waals surface area contributed by atoms with E-state index < -0.39 is 29.3 Å². The van der Waals surface area contributed by atoms with Crippen molar-refractivity contribution in [2.45, 2.75) is 6.42 Å². The second kappa shape index (κ2) is 7.83. The lowest BCUT2D eigenvalue weighted by Crippen LogP contribution is -2.28. The Bertz CT molecular complexity index is 784. The van der Waals surface area contributed by atoms with Crippen LogP contribution in [-0.2, 0) is 4.79 Å². The van der Waals surface area contributed by atoms with Gasteiger partial charge in [0.15, 0.2) is 0 Å². The van der Waals surface area contributed by atoms with E-state index in [1.165, 1.54) is 12.1 Å². The number of anilines is 1. The van der Waals surface area contributed by atoms with E-state index in [-0.39, 0.29) is 29.2 Å². The Kier molecular flexibility index (Phi) is 5.81. The van der Waals surface area contributed by atoms with E-state index in [2.05, 4.69) is 10.6 Å². The Morgan fingerprint density at radius 3 is 2.42 bits per heavy atom. The molecular weight excluding hydrogens is 345 g/mol. The van der Waals surface area contributed by atoms with Crippen molar-refractivity contribution < 1.29 is 22.8 Å². The molecule has 0 unspecified atom stereocenters. The molecule has 0 aromatic heterocycles. The zero-order valence-corrected chi connectivity index (χ0v) is 13.0. The molecule has 0 saturated heterocycles. The Morgan fingerprint density at radius 1 is 1.00 bits per heavy atom. The molecule has 24 heavy (non-hydrogen) atoms. The molecule has 2 N–H and O–H groups in total. The maximum absolute atomic E-state index is 13.5. The highest BCUT2D eigenvalue weighted by Gasteiger charge is 2.13. The molecule has 0 aliphatic carbocycles. The number of rotatable bonds is 5. The van der Waals surface area contributed by atoms with Crippen molar-refractivity contribution in [2.75, 3.05) is 11.9 Å². The quantitative estimate of drug-likeness (QED) is 0.861. The van der Waals surface area contributed by atoms with Crippen LogP contribution in [0.1, 0.15) is 16.8 Å². The molecule has 2 rings (SSSR count). The van der Waals surface area contributed by atoms with Crippen LogP contribution in [0.25, 0.3) is 0 Å². The predicted octanol–water partition coefficient (Wildman–Crippen LogP) is 3.52. The lowest BCUT2D eigenvalue weighted by molar-refractivity contribution is -0.116. The fourth-order valence-electron chi connectivity index (χ4n) is 1.86. The molecule has 2 aromatic carbocycles. The molecule has 0 heterocycles. The average Bonchev–Trinajstić information content (AvgIpc) is 2.50. The van der Waals surface area contributed by atoms with Gasteiger partial charge in [0.1, 0.15) is 17.5 Å². The molecule has 0 saturated carbocycles. The van der Waals surface area contributed by atoms with Crippen molar-refractivity contribution in [2.24, 2.45) is 0 Å². The third-order valence-electron chi connectivity index (χ3n) is 3.02. The normalized spacial score (nSPS) is 10.3. The van der Waals surface area contributed by atoms with Gasteiger partial charge in [-0.05, 0) is 30.3 Å². The van der Waals surface area contributed by atoms with Gasteiger partial charge in [-0.25, -0.2) is 13.2 Å². The fourth-order valence-corrected chi connectivity index (χ4v) is 2.02. The van der Waals surface area contributed by atoms with Gasteiger partial charge in [-0.3, -0.25) is 9.59 Å². The van der Waals surface area contributed by atoms with Gasteiger partial charge in [0.05, 0.1) is 11.3 Å². The molecule has 2 aromatic rings. The Morgan fingerprint density at radius 2 is 1.75 bits per heavy atom. The van der Waals surface area contributed by atoms with E-state index in [1.54, 1.807) is 0 Å². The monoisotopic (exact) mass is 356 g/mol. The maximum Gasteiger partial charge on any atom is 0.254 e. The van der Waals surface area contributed by atoms with E-state index in [1.807, 2.05) is 0 Å². The highest BCUT2D eigenvalue weighted by molar-refractivity contribution is 6.30. The number of nitrogens with one attached hydrogen (secondary N) is 2. The summed E-state index contributed by atoms with van der Waals surface area (Å²) in [5.74, 6) is -3.81. The summed E-state index contributed by atoms with van der Waals surface area (Å²) >= 11 is 5.60. The fraction of sp³-hybridized carbons (Fsp3) is 0.125. The average molecular weight is 357 g/mol. The second-order valence-corrected chi connectivity index (χ2v) is 5.24. The number of benzene rings is 2. The van der Waals surface area contributed by atoms with Gasteiger partial charge in [-0.1, -0.05) is 11.6 Å². The first-order valence-electron chi connectivity index (χ1n) is 6.85. The minimum absolute atomic E-state index is 0.0414. The minimum atomic E-state index is -1.000. The molecule has 0 aliphatic rings. The van der Waals surface area contributed by atoms with Crippen molar-refractivity contribution in [3.8, 4) is 0 Å². The van der Waals surface area contributed by atoms with Gasteiger partial charge in [-0.15, -0.1) is 0 Å². The van der Waals surface area contributed by atoms with Crippen molar-refractivity contribution >= 4 is 29.1 Å². The number of hydrogen-bond acceptors (Lipinski definition) is 2. The highest BCUT2D eigenvalue weighted by atomic mass is 35.5. The summed E-state index contributed by atoms with van der Waals surface area (Å²) in [5, 5.41) is 4.84. The van der Waals surface area contributed by atoms with Crippen LogP contribution in [0.15, 0.2) is 36.4 Å². The smallest absolute Gasteiger partial charge is 0.254 e. The molecule has 0 radical (unpaired) electrons. The van der Waals surface area contributed by atoms with E-state index in [4.69, 9.17) is 11.6 Å². The number of carbonyl (C=O) groups excluding carboxylic acids is 2. The Hall–Kier alpha value is -2.54. The molecule has 0 bridgehead atoms. The number of amides is 2. The molecule has 126 valence electrons. The summed E-state index contributed by atoms with van der Waals surface area (Å²) in [6.07, 6.45) is -0.156. The highest BCUT2D eigenvalue weighted by Crippen LogP contribution is 2.18. The van der Waals surface area contributed by atoms with Crippen LogP contribution in [0, 0.1) is 17.5 Å². The summed E-state index contributed by atoms with van der Waals surface area (Å²) in [7, 11) is 0. The molecule has 0 aliphatic heterocycles. The van der Waals surface area contributed by atoms with Gasteiger partial charge in [0.2, 0.25) is 5.91 Å². The second-order valence-electron chi connectivity index (χ2n) is 4.80. The van der Waals surface area contributed by atoms with Crippen LogP contribution in [0.4, 0.5) is 18.9 Å². The van der Waals surface area contributed by atoms with E-state index >= 15 is 0 Å². The van der Waals surface area contributed by atoms with Crippen LogP contribution in [0.5, 0.6) is 0 Å².